The van der Waals surface area contributed by atoms with Gasteiger partial charge >= 0.3 is 0 Å². The van der Waals surface area contributed by atoms with Crippen molar-refractivity contribution in [3.8, 4) is 11.5 Å². The second-order valence-corrected chi connectivity index (χ2v) is 6.82. The Balaban J connectivity index is 1.44. The molecule has 132 valence electrons. The van der Waals surface area contributed by atoms with E-state index in [4.69, 9.17) is 9.47 Å². The summed E-state index contributed by atoms with van der Waals surface area (Å²) in [5, 5.41) is 7.08. The molecular weight excluding hydrogens is 318 g/mol. The topological polar surface area (TPSA) is 67.5 Å². The second kappa shape index (κ2) is 6.78. The summed E-state index contributed by atoms with van der Waals surface area (Å²) in [7, 11) is 1.64. The molecule has 0 radical (unpaired) electrons. The molecule has 1 aromatic heterocycles. The number of aromatic amines is 1. The van der Waals surface area contributed by atoms with Crippen LogP contribution in [0, 0.1) is 5.92 Å². The van der Waals surface area contributed by atoms with E-state index in [1.807, 2.05) is 29.2 Å². The number of ether oxygens (including phenoxy) is 2. The monoisotopic (exact) mass is 341 g/mol. The molecular formula is C19H23N3O3. The number of nitrogens with zero attached hydrogens (tertiary/aromatic N) is 2. The fraction of sp³-hybridized carbons (Fsp3) is 0.474. The van der Waals surface area contributed by atoms with E-state index in [1.165, 1.54) is 0 Å². The van der Waals surface area contributed by atoms with E-state index in [0.29, 0.717) is 12.5 Å². The lowest BCUT2D eigenvalue weighted by atomic mass is 9.91. The number of likely N-dealkylation sites (tertiary alicyclic amines) is 1. The van der Waals surface area contributed by atoms with Crippen molar-refractivity contribution in [2.75, 3.05) is 26.8 Å². The summed E-state index contributed by atoms with van der Waals surface area (Å²) in [5.41, 5.74) is 2.20. The van der Waals surface area contributed by atoms with Gasteiger partial charge in [-0.05, 0) is 37.0 Å². The highest BCUT2D eigenvalue weighted by molar-refractivity contribution is 5.80. The van der Waals surface area contributed by atoms with Crippen LogP contribution in [0.3, 0.4) is 0 Å². The van der Waals surface area contributed by atoms with Gasteiger partial charge in [-0.2, -0.15) is 5.10 Å². The Morgan fingerprint density at radius 3 is 3.12 bits per heavy atom. The highest BCUT2D eigenvalue weighted by atomic mass is 16.5. The average molecular weight is 341 g/mol. The largest absolute Gasteiger partial charge is 0.497 e. The van der Waals surface area contributed by atoms with Crippen LogP contribution >= 0.6 is 0 Å². The number of carbonyl (C=O) groups is 1. The first-order chi connectivity index (χ1) is 12.2. The number of carbonyl (C=O) groups excluding carboxylic acids is 1. The molecule has 2 aromatic rings. The van der Waals surface area contributed by atoms with Crippen molar-refractivity contribution in [1.82, 2.24) is 15.1 Å². The lowest BCUT2D eigenvalue weighted by Gasteiger charge is -2.35. The maximum atomic E-state index is 13.0. The maximum Gasteiger partial charge on any atom is 0.229 e. The fourth-order valence-electron chi connectivity index (χ4n) is 3.82. The molecule has 0 bridgehead atoms. The molecule has 2 aliphatic heterocycles. The standard InChI is InChI=1S/C19H23N3O3/c1-24-16-5-4-13-9-15(12-25-18(13)10-16)19(23)22-8-2-3-14(11-22)17-6-7-20-21-17/h4-7,10,14-15H,2-3,8-9,11-12H2,1H3,(H,20,21)/t14-,15+/m0/s1. The van der Waals surface area contributed by atoms with Gasteiger partial charge in [-0.15, -0.1) is 0 Å². The van der Waals surface area contributed by atoms with Crippen LogP contribution in [0.15, 0.2) is 30.5 Å². The molecule has 4 rings (SSSR count). The van der Waals surface area contributed by atoms with Crippen LogP contribution < -0.4 is 9.47 Å². The van der Waals surface area contributed by atoms with E-state index in [0.717, 1.165) is 55.1 Å². The van der Waals surface area contributed by atoms with E-state index in [1.54, 1.807) is 13.3 Å². The summed E-state index contributed by atoms with van der Waals surface area (Å²) in [5.74, 6) is 2.05. The molecule has 1 amide bonds. The van der Waals surface area contributed by atoms with Crippen molar-refractivity contribution in [3.05, 3.63) is 41.7 Å². The third-order valence-corrected chi connectivity index (χ3v) is 5.23. The Hall–Kier alpha value is -2.50. The molecule has 6 heteroatoms. The van der Waals surface area contributed by atoms with Crippen LogP contribution in [-0.2, 0) is 11.2 Å². The number of fused-ring (bicyclic) bond motifs is 1. The summed E-state index contributed by atoms with van der Waals surface area (Å²) in [6.45, 7) is 2.02. The highest BCUT2D eigenvalue weighted by Gasteiger charge is 2.33. The summed E-state index contributed by atoms with van der Waals surface area (Å²) >= 11 is 0. The van der Waals surface area contributed by atoms with Crippen molar-refractivity contribution < 1.29 is 14.3 Å². The number of piperidine rings is 1. The van der Waals surface area contributed by atoms with Gasteiger partial charge < -0.3 is 14.4 Å². The Morgan fingerprint density at radius 1 is 1.40 bits per heavy atom. The minimum Gasteiger partial charge on any atom is -0.497 e. The first kappa shape index (κ1) is 16.0. The smallest absolute Gasteiger partial charge is 0.229 e. The molecule has 0 unspecified atom stereocenters. The number of methoxy groups -OCH3 is 1. The fourth-order valence-corrected chi connectivity index (χ4v) is 3.82. The first-order valence-electron chi connectivity index (χ1n) is 8.82. The van der Waals surface area contributed by atoms with Gasteiger partial charge in [0.05, 0.1) is 13.0 Å². The Labute approximate surface area is 147 Å². The van der Waals surface area contributed by atoms with Crippen molar-refractivity contribution in [2.24, 2.45) is 5.92 Å². The average Bonchev–Trinajstić information content (AvgIpc) is 3.21. The maximum absolute atomic E-state index is 13.0. The van der Waals surface area contributed by atoms with Gasteiger partial charge in [-0.25, -0.2) is 0 Å². The molecule has 2 aliphatic rings. The zero-order valence-corrected chi connectivity index (χ0v) is 14.4. The lowest BCUT2D eigenvalue weighted by molar-refractivity contribution is -0.138. The Bertz CT molecular complexity index is 744. The van der Waals surface area contributed by atoms with Gasteiger partial charge in [0.2, 0.25) is 5.91 Å². The number of amides is 1. The second-order valence-electron chi connectivity index (χ2n) is 6.82. The molecule has 6 nitrogen and oxygen atoms in total. The number of aromatic nitrogens is 2. The molecule has 1 N–H and O–H groups in total. The normalized spacial score (nSPS) is 22.8. The lowest BCUT2D eigenvalue weighted by Crippen LogP contribution is -2.45. The van der Waals surface area contributed by atoms with Gasteiger partial charge in [0.15, 0.2) is 0 Å². The molecule has 0 aliphatic carbocycles. The number of H-pyrrole nitrogens is 1. The number of benzene rings is 1. The molecule has 0 spiro atoms. The summed E-state index contributed by atoms with van der Waals surface area (Å²) in [4.78, 5) is 15.0. The van der Waals surface area contributed by atoms with Gasteiger partial charge in [-0.3, -0.25) is 9.89 Å². The van der Waals surface area contributed by atoms with Crippen molar-refractivity contribution in [3.63, 3.8) is 0 Å². The van der Waals surface area contributed by atoms with E-state index in [9.17, 15) is 4.79 Å². The zero-order chi connectivity index (χ0) is 17.2. The number of hydrogen-bond donors (Lipinski definition) is 1. The third kappa shape index (κ3) is 3.21. The quantitative estimate of drug-likeness (QED) is 0.931. The number of hydrogen-bond acceptors (Lipinski definition) is 4. The predicted octanol–water partition coefficient (Wildman–Crippen LogP) is 2.38. The van der Waals surface area contributed by atoms with Crippen LogP contribution in [0.5, 0.6) is 11.5 Å². The summed E-state index contributed by atoms with van der Waals surface area (Å²) < 4.78 is 11.1. The SMILES string of the molecule is COc1ccc2c(c1)OC[C@H](C(=O)N1CCC[C@H](c3ccn[nH]3)C1)C2. The minimum absolute atomic E-state index is 0.110. The van der Waals surface area contributed by atoms with E-state index in [-0.39, 0.29) is 11.8 Å². The highest BCUT2D eigenvalue weighted by Crippen LogP contribution is 2.33. The summed E-state index contributed by atoms with van der Waals surface area (Å²) in [6, 6.07) is 7.82. The Kier molecular flexibility index (Phi) is 4.34. The van der Waals surface area contributed by atoms with Gasteiger partial charge in [-0.1, -0.05) is 6.07 Å². The molecule has 1 fully saturated rings. The van der Waals surface area contributed by atoms with Gasteiger partial charge in [0.1, 0.15) is 18.1 Å². The van der Waals surface area contributed by atoms with Crippen molar-refractivity contribution in [2.45, 2.75) is 25.2 Å². The van der Waals surface area contributed by atoms with Gasteiger partial charge in [0, 0.05) is 37.0 Å². The number of rotatable bonds is 3. The van der Waals surface area contributed by atoms with Crippen LogP contribution in [-0.4, -0.2) is 47.8 Å². The van der Waals surface area contributed by atoms with Gasteiger partial charge in [0.25, 0.3) is 0 Å². The van der Waals surface area contributed by atoms with Crippen molar-refractivity contribution >= 4 is 5.91 Å². The molecule has 1 saturated heterocycles. The summed E-state index contributed by atoms with van der Waals surface area (Å²) in [6.07, 6.45) is 4.62. The first-order valence-corrected chi connectivity index (χ1v) is 8.82. The number of nitrogens with one attached hydrogen (secondary N) is 1. The predicted molar refractivity (Wildman–Crippen MR) is 92.8 cm³/mol. The third-order valence-electron chi connectivity index (χ3n) is 5.23. The minimum atomic E-state index is -0.110. The molecule has 3 heterocycles. The Morgan fingerprint density at radius 2 is 2.32 bits per heavy atom. The molecule has 25 heavy (non-hydrogen) atoms. The van der Waals surface area contributed by atoms with Crippen LogP contribution in [0.1, 0.15) is 30.0 Å². The van der Waals surface area contributed by atoms with E-state index in [2.05, 4.69) is 10.2 Å². The van der Waals surface area contributed by atoms with Crippen LogP contribution in [0.4, 0.5) is 0 Å². The molecule has 2 atom stereocenters. The zero-order valence-electron chi connectivity index (χ0n) is 14.4. The molecule has 1 aromatic carbocycles. The van der Waals surface area contributed by atoms with Crippen molar-refractivity contribution in [1.29, 1.82) is 0 Å². The van der Waals surface area contributed by atoms with E-state index >= 15 is 0 Å². The van der Waals surface area contributed by atoms with E-state index < -0.39 is 0 Å². The van der Waals surface area contributed by atoms with Crippen LogP contribution in [0.2, 0.25) is 0 Å². The molecule has 0 saturated carbocycles. The van der Waals surface area contributed by atoms with Crippen LogP contribution in [0.25, 0.3) is 0 Å².